The van der Waals surface area contributed by atoms with E-state index in [2.05, 4.69) is 16.9 Å². The summed E-state index contributed by atoms with van der Waals surface area (Å²) in [5, 5.41) is 3.27. The summed E-state index contributed by atoms with van der Waals surface area (Å²) in [7, 11) is 0. The van der Waals surface area contributed by atoms with Crippen LogP contribution in [0.5, 0.6) is 11.5 Å². The first-order valence-corrected chi connectivity index (χ1v) is 9.88. The Hall–Kier alpha value is -2.87. The van der Waals surface area contributed by atoms with Crippen molar-refractivity contribution >= 4 is 28.3 Å². The van der Waals surface area contributed by atoms with Crippen molar-refractivity contribution < 1.29 is 23.8 Å². The first-order chi connectivity index (χ1) is 13.6. The molecule has 1 amide bonds. The molecular formula is C20H20N2O5S. The van der Waals surface area contributed by atoms with Crippen LogP contribution in [0.15, 0.2) is 30.9 Å². The van der Waals surface area contributed by atoms with Gasteiger partial charge in [0.15, 0.2) is 16.6 Å². The molecule has 1 aromatic carbocycles. The SMILES string of the molecule is C=CCc1nc(NC(=O)C2(c3ccc4c(c3)OCO4)CC2)sc1C(=O)OCC. The number of amides is 1. The third-order valence-corrected chi connectivity index (χ3v) is 5.82. The largest absolute Gasteiger partial charge is 0.462 e. The lowest BCUT2D eigenvalue weighted by Crippen LogP contribution is -2.27. The van der Waals surface area contributed by atoms with Gasteiger partial charge in [-0.2, -0.15) is 0 Å². The van der Waals surface area contributed by atoms with Gasteiger partial charge in [0, 0.05) is 6.42 Å². The smallest absolute Gasteiger partial charge is 0.350 e. The fourth-order valence-electron chi connectivity index (χ4n) is 3.22. The minimum Gasteiger partial charge on any atom is -0.462 e. The minimum absolute atomic E-state index is 0.138. The molecular weight excluding hydrogens is 380 g/mol. The number of nitrogens with zero attached hydrogens (tertiary/aromatic N) is 1. The summed E-state index contributed by atoms with van der Waals surface area (Å²) >= 11 is 1.12. The quantitative estimate of drug-likeness (QED) is 0.566. The highest BCUT2D eigenvalue weighted by Crippen LogP contribution is 2.51. The molecule has 1 fully saturated rings. The van der Waals surface area contributed by atoms with Gasteiger partial charge in [0.2, 0.25) is 12.7 Å². The number of carbonyl (C=O) groups is 2. The van der Waals surface area contributed by atoms with Crippen LogP contribution in [0.1, 0.15) is 40.7 Å². The Morgan fingerprint density at radius 3 is 2.86 bits per heavy atom. The van der Waals surface area contributed by atoms with E-state index in [1.165, 1.54) is 0 Å². The van der Waals surface area contributed by atoms with E-state index in [1.54, 1.807) is 13.0 Å². The van der Waals surface area contributed by atoms with Crippen LogP contribution in [-0.4, -0.2) is 30.3 Å². The number of carbonyl (C=O) groups excluding carboxylic acids is 2. The van der Waals surface area contributed by atoms with Crippen LogP contribution >= 0.6 is 11.3 Å². The number of aromatic nitrogens is 1. The van der Waals surface area contributed by atoms with Crippen molar-refractivity contribution in [2.24, 2.45) is 0 Å². The van der Waals surface area contributed by atoms with Crippen molar-refractivity contribution in [1.82, 2.24) is 4.98 Å². The fourth-order valence-corrected chi connectivity index (χ4v) is 4.10. The lowest BCUT2D eigenvalue weighted by Gasteiger charge is -2.15. The molecule has 4 rings (SSSR count). The van der Waals surface area contributed by atoms with Gasteiger partial charge in [0.25, 0.3) is 0 Å². The Kier molecular flexibility index (Phi) is 4.80. The molecule has 28 heavy (non-hydrogen) atoms. The fraction of sp³-hybridized carbons (Fsp3) is 0.350. The third-order valence-electron chi connectivity index (χ3n) is 4.83. The van der Waals surface area contributed by atoms with Gasteiger partial charge in [-0.05, 0) is 37.5 Å². The van der Waals surface area contributed by atoms with Crippen molar-refractivity contribution in [2.45, 2.75) is 31.6 Å². The predicted octanol–water partition coefficient (Wildman–Crippen LogP) is 3.45. The van der Waals surface area contributed by atoms with Crippen LogP contribution < -0.4 is 14.8 Å². The van der Waals surface area contributed by atoms with E-state index < -0.39 is 11.4 Å². The predicted molar refractivity (Wildman–Crippen MR) is 104 cm³/mol. The number of anilines is 1. The Balaban J connectivity index is 1.55. The maximum Gasteiger partial charge on any atom is 0.350 e. The van der Waals surface area contributed by atoms with E-state index in [9.17, 15) is 9.59 Å². The van der Waals surface area contributed by atoms with E-state index >= 15 is 0 Å². The number of allylic oxidation sites excluding steroid dienone is 1. The molecule has 146 valence electrons. The van der Waals surface area contributed by atoms with Gasteiger partial charge in [-0.3, -0.25) is 4.79 Å². The summed E-state index contributed by atoms with van der Waals surface area (Å²) in [6.45, 7) is 5.91. The average molecular weight is 400 g/mol. The van der Waals surface area contributed by atoms with Gasteiger partial charge in [0.1, 0.15) is 4.88 Å². The van der Waals surface area contributed by atoms with Crippen LogP contribution in [0.2, 0.25) is 0 Å². The molecule has 1 saturated carbocycles. The number of nitrogens with one attached hydrogen (secondary N) is 1. The van der Waals surface area contributed by atoms with Crippen molar-refractivity contribution in [2.75, 3.05) is 18.7 Å². The maximum absolute atomic E-state index is 13.0. The van der Waals surface area contributed by atoms with Crippen LogP contribution in [0.25, 0.3) is 0 Å². The molecule has 7 nitrogen and oxygen atoms in total. The molecule has 8 heteroatoms. The molecule has 1 N–H and O–H groups in total. The number of benzene rings is 1. The van der Waals surface area contributed by atoms with Crippen molar-refractivity contribution in [3.05, 3.63) is 47.0 Å². The van der Waals surface area contributed by atoms with Gasteiger partial charge >= 0.3 is 5.97 Å². The molecule has 2 heterocycles. The van der Waals surface area contributed by atoms with Gasteiger partial charge < -0.3 is 19.5 Å². The van der Waals surface area contributed by atoms with Gasteiger partial charge in [-0.1, -0.05) is 23.5 Å². The normalized spacial score (nSPS) is 15.8. The molecule has 2 aliphatic rings. The standard InChI is InChI=1S/C20H20N2O5S/c1-3-5-13-16(17(23)25-4-2)28-19(21-13)22-18(24)20(8-9-20)12-6-7-14-15(10-12)27-11-26-14/h3,6-7,10H,1,4-5,8-9,11H2,2H3,(H,21,22,24). The topological polar surface area (TPSA) is 86.8 Å². The molecule has 1 aliphatic heterocycles. The zero-order chi connectivity index (χ0) is 19.7. The number of rotatable bonds is 7. The summed E-state index contributed by atoms with van der Waals surface area (Å²) in [5.74, 6) is 0.770. The minimum atomic E-state index is -0.602. The first-order valence-electron chi connectivity index (χ1n) is 9.06. The Morgan fingerprint density at radius 1 is 1.36 bits per heavy atom. The number of hydrogen-bond acceptors (Lipinski definition) is 7. The highest BCUT2D eigenvalue weighted by atomic mass is 32.1. The number of hydrogen-bond donors (Lipinski definition) is 1. The molecule has 1 aliphatic carbocycles. The lowest BCUT2D eigenvalue weighted by molar-refractivity contribution is -0.118. The summed E-state index contributed by atoms with van der Waals surface area (Å²) < 4.78 is 15.9. The van der Waals surface area contributed by atoms with E-state index in [0.717, 1.165) is 29.7 Å². The zero-order valence-electron chi connectivity index (χ0n) is 15.4. The Labute approximate surface area is 166 Å². The van der Waals surface area contributed by atoms with E-state index in [4.69, 9.17) is 14.2 Å². The second kappa shape index (κ2) is 7.27. The first kappa shape index (κ1) is 18.5. The Bertz CT molecular complexity index is 948. The molecule has 0 spiro atoms. The molecule has 0 saturated heterocycles. The monoisotopic (exact) mass is 400 g/mol. The Morgan fingerprint density at radius 2 is 2.14 bits per heavy atom. The maximum atomic E-state index is 13.0. The van der Waals surface area contributed by atoms with Crippen LogP contribution in [0.3, 0.4) is 0 Å². The molecule has 0 bridgehead atoms. The van der Waals surface area contributed by atoms with Gasteiger partial charge in [-0.15, -0.1) is 6.58 Å². The summed E-state index contributed by atoms with van der Waals surface area (Å²) in [5.41, 5.74) is 0.847. The highest BCUT2D eigenvalue weighted by Gasteiger charge is 2.52. The van der Waals surface area contributed by atoms with Crippen LogP contribution in [0, 0.1) is 0 Å². The average Bonchev–Trinajstić information content (AvgIpc) is 3.20. The summed E-state index contributed by atoms with van der Waals surface area (Å²) in [6.07, 6.45) is 3.58. The number of fused-ring (bicyclic) bond motifs is 1. The number of esters is 1. The second-order valence-corrected chi connectivity index (χ2v) is 7.61. The van der Waals surface area contributed by atoms with E-state index in [1.807, 2.05) is 18.2 Å². The molecule has 0 unspecified atom stereocenters. The van der Waals surface area contributed by atoms with Crippen LogP contribution in [-0.2, 0) is 21.4 Å². The summed E-state index contributed by atoms with van der Waals surface area (Å²) in [6, 6.07) is 5.59. The third kappa shape index (κ3) is 3.24. The molecule has 0 radical (unpaired) electrons. The van der Waals surface area contributed by atoms with Gasteiger partial charge in [0.05, 0.1) is 17.7 Å². The highest BCUT2D eigenvalue weighted by molar-refractivity contribution is 7.17. The van der Waals surface area contributed by atoms with Crippen molar-refractivity contribution in [3.63, 3.8) is 0 Å². The van der Waals surface area contributed by atoms with Crippen LogP contribution in [0.4, 0.5) is 5.13 Å². The molecule has 2 aromatic rings. The lowest BCUT2D eigenvalue weighted by atomic mass is 9.94. The number of thiazole rings is 1. The van der Waals surface area contributed by atoms with Crippen molar-refractivity contribution in [3.8, 4) is 11.5 Å². The van der Waals surface area contributed by atoms with Crippen molar-refractivity contribution in [1.29, 1.82) is 0 Å². The number of ether oxygens (including phenoxy) is 3. The summed E-state index contributed by atoms with van der Waals surface area (Å²) in [4.78, 5) is 30.0. The van der Waals surface area contributed by atoms with E-state index in [0.29, 0.717) is 33.6 Å². The van der Waals surface area contributed by atoms with E-state index in [-0.39, 0.29) is 19.3 Å². The molecule has 1 aromatic heterocycles. The zero-order valence-corrected chi connectivity index (χ0v) is 16.3. The van der Waals surface area contributed by atoms with Gasteiger partial charge in [-0.25, -0.2) is 9.78 Å². The molecule has 0 atom stereocenters. The second-order valence-electron chi connectivity index (χ2n) is 6.61.